The lowest BCUT2D eigenvalue weighted by molar-refractivity contribution is -0.384. The third kappa shape index (κ3) is 3.49. The number of benzene rings is 1. The predicted octanol–water partition coefficient (Wildman–Crippen LogP) is 2.12. The van der Waals surface area contributed by atoms with Crippen molar-refractivity contribution in [2.75, 3.05) is 5.32 Å². The van der Waals surface area contributed by atoms with Gasteiger partial charge in [-0.15, -0.1) is 0 Å². The molecule has 24 heavy (non-hydrogen) atoms. The zero-order valence-electron chi connectivity index (χ0n) is 14.4. The SMILES string of the molecule is CC(=O)Nc1cc2c(cc1[N+](=O)[O-])OC(C)(C)[C@H](O)[C@H]2NC(C)C. The number of aliphatic hydroxyl groups excluding tert-OH is 1. The molecule has 0 saturated carbocycles. The standard InChI is InChI=1S/C16H23N3O5/c1-8(2)17-14-10-6-11(18-9(3)20)12(19(22)23)7-13(10)24-16(4,5)15(14)21/h6-8,14-15,17,21H,1-5H3,(H,18,20)/t14-,15+/m0/s1. The largest absolute Gasteiger partial charge is 0.484 e. The fourth-order valence-electron chi connectivity index (χ4n) is 2.81. The number of hydrogen-bond acceptors (Lipinski definition) is 6. The van der Waals surface area contributed by atoms with Crippen molar-refractivity contribution in [2.24, 2.45) is 0 Å². The second-order valence-electron chi connectivity index (χ2n) is 6.79. The Hall–Kier alpha value is -2.19. The van der Waals surface area contributed by atoms with E-state index in [1.807, 2.05) is 13.8 Å². The van der Waals surface area contributed by atoms with Crippen LogP contribution >= 0.6 is 0 Å². The van der Waals surface area contributed by atoms with Gasteiger partial charge in [-0.3, -0.25) is 14.9 Å². The number of ether oxygens (including phenoxy) is 1. The van der Waals surface area contributed by atoms with Gasteiger partial charge in [0.25, 0.3) is 5.69 Å². The van der Waals surface area contributed by atoms with Crippen LogP contribution < -0.4 is 15.4 Å². The molecule has 8 nitrogen and oxygen atoms in total. The first-order valence-corrected chi connectivity index (χ1v) is 7.76. The maximum atomic E-state index is 11.4. The molecular formula is C16H23N3O5. The van der Waals surface area contributed by atoms with Gasteiger partial charge in [-0.05, 0) is 19.9 Å². The van der Waals surface area contributed by atoms with Crippen LogP contribution in [-0.4, -0.2) is 33.7 Å². The van der Waals surface area contributed by atoms with Crippen molar-refractivity contribution >= 4 is 17.3 Å². The molecule has 8 heteroatoms. The van der Waals surface area contributed by atoms with E-state index in [-0.39, 0.29) is 17.4 Å². The molecule has 1 aliphatic rings. The van der Waals surface area contributed by atoms with Gasteiger partial charge in [0.2, 0.25) is 5.91 Å². The highest BCUT2D eigenvalue weighted by molar-refractivity contribution is 5.91. The van der Waals surface area contributed by atoms with Crippen molar-refractivity contribution in [1.29, 1.82) is 0 Å². The van der Waals surface area contributed by atoms with E-state index in [4.69, 9.17) is 4.74 Å². The monoisotopic (exact) mass is 337 g/mol. The molecule has 2 atom stereocenters. The molecule has 1 aliphatic heterocycles. The Balaban J connectivity index is 2.62. The lowest BCUT2D eigenvalue weighted by Gasteiger charge is -2.43. The molecule has 2 rings (SSSR count). The highest BCUT2D eigenvalue weighted by Gasteiger charge is 2.44. The number of nitrogens with zero attached hydrogens (tertiary/aromatic N) is 1. The van der Waals surface area contributed by atoms with Crippen LogP contribution in [0, 0.1) is 10.1 Å². The van der Waals surface area contributed by atoms with Crippen LogP contribution in [0.15, 0.2) is 12.1 Å². The Morgan fingerprint density at radius 1 is 1.42 bits per heavy atom. The van der Waals surface area contributed by atoms with Crippen LogP contribution in [-0.2, 0) is 4.79 Å². The average Bonchev–Trinajstić information content (AvgIpc) is 2.42. The Morgan fingerprint density at radius 3 is 2.54 bits per heavy atom. The van der Waals surface area contributed by atoms with Gasteiger partial charge in [0.05, 0.1) is 17.0 Å². The second kappa shape index (κ2) is 6.37. The maximum Gasteiger partial charge on any atom is 0.296 e. The molecule has 0 unspecified atom stereocenters. The van der Waals surface area contributed by atoms with Gasteiger partial charge < -0.3 is 20.5 Å². The molecule has 0 bridgehead atoms. The first-order chi connectivity index (χ1) is 11.0. The first kappa shape index (κ1) is 18.2. The van der Waals surface area contributed by atoms with Crippen LogP contribution in [0.3, 0.4) is 0 Å². The Labute approximate surface area is 140 Å². The number of rotatable bonds is 4. The summed E-state index contributed by atoms with van der Waals surface area (Å²) in [5.41, 5.74) is -0.509. The third-order valence-electron chi connectivity index (χ3n) is 3.88. The summed E-state index contributed by atoms with van der Waals surface area (Å²) in [7, 11) is 0. The van der Waals surface area contributed by atoms with E-state index in [2.05, 4.69) is 10.6 Å². The highest BCUT2D eigenvalue weighted by atomic mass is 16.6. The van der Waals surface area contributed by atoms with Gasteiger partial charge in [0.15, 0.2) is 0 Å². The zero-order chi connectivity index (χ0) is 18.2. The third-order valence-corrected chi connectivity index (χ3v) is 3.88. The van der Waals surface area contributed by atoms with E-state index >= 15 is 0 Å². The maximum absolute atomic E-state index is 11.4. The van der Waals surface area contributed by atoms with Gasteiger partial charge in [-0.1, -0.05) is 13.8 Å². The molecule has 0 aromatic heterocycles. The number of nitro benzene ring substituents is 1. The summed E-state index contributed by atoms with van der Waals surface area (Å²) in [5.74, 6) is -0.0896. The van der Waals surface area contributed by atoms with E-state index in [0.29, 0.717) is 11.3 Å². The second-order valence-corrected chi connectivity index (χ2v) is 6.79. The number of carbonyl (C=O) groups is 1. The minimum Gasteiger partial charge on any atom is -0.484 e. The molecule has 3 N–H and O–H groups in total. The van der Waals surface area contributed by atoms with E-state index < -0.39 is 28.6 Å². The summed E-state index contributed by atoms with van der Waals surface area (Å²) >= 11 is 0. The molecule has 1 aromatic carbocycles. The number of carbonyl (C=O) groups excluding carboxylic acids is 1. The predicted molar refractivity (Wildman–Crippen MR) is 89.1 cm³/mol. The lowest BCUT2D eigenvalue weighted by Crippen LogP contribution is -2.53. The fraction of sp³-hybridized carbons (Fsp3) is 0.562. The molecule has 0 radical (unpaired) electrons. The number of nitrogens with one attached hydrogen (secondary N) is 2. The van der Waals surface area contributed by atoms with E-state index in [9.17, 15) is 20.0 Å². The summed E-state index contributed by atoms with van der Waals surface area (Å²) < 4.78 is 5.79. The number of fused-ring (bicyclic) bond motifs is 1. The number of amides is 1. The summed E-state index contributed by atoms with van der Waals surface area (Å²) in [5, 5.41) is 27.7. The van der Waals surface area contributed by atoms with Gasteiger partial charge >= 0.3 is 0 Å². The molecular weight excluding hydrogens is 314 g/mol. The van der Waals surface area contributed by atoms with E-state index in [1.54, 1.807) is 13.8 Å². The number of nitro groups is 1. The smallest absolute Gasteiger partial charge is 0.296 e. The molecule has 0 aliphatic carbocycles. The average molecular weight is 337 g/mol. The van der Waals surface area contributed by atoms with Gasteiger partial charge in [0, 0.05) is 18.5 Å². The lowest BCUT2D eigenvalue weighted by atomic mass is 9.85. The van der Waals surface area contributed by atoms with Crippen LogP contribution in [0.4, 0.5) is 11.4 Å². The topological polar surface area (TPSA) is 114 Å². The minimum atomic E-state index is -0.914. The summed E-state index contributed by atoms with van der Waals surface area (Å²) in [6, 6.07) is 2.39. The van der Waals surface area contributed by atoms with Gasteiger partial charge in [-0.2, -0.15) is 0 Å². The van der Waals surface area contributed by atoms with Crippen LogP contribution in [0.1, 0.15) is 46.2 Å². The Morgan fingerprint density at radius 2 is 2.04 bits per heavy atom. The van der Waals surface area contributed by atoms with Crippen molar-refractivity contribution in [3.63, 3.8) is 0 Å². The molecule has 0 saturated heterocycles. The molecule has 132 valence electrons. The Bertz CT molecular complexity index is 672. The van der Waals surface area contributed by atoms with Crippen LogP contribution in [0.25, 0.3) is 0 Å². The van der Waals surface area contributed by atoms with Gasteiger partial charge in [-0.25, -0.2) is 0 Å². The first-order valence-electron chi connectivity index (χ1n) is 7.76. The fourth-order valence-corrected chi connectivity index (χ4v) is 2.81. The van der Waals surface area contributed by atoms with Crippen LogP contribution in [0.5, 0.6) is 5.75 Å². The summed E-state index contributed by atoms with van der Waals surface area (Å²) in [6.07, 6.45) is -0.862. The molecule has 1 amide bonds. The zero-order valence-corrected chi connectivity index (χ0v) is 14.4. The molecule has 1 heterocycles. The Kier molecular flexibility index (Phi) is 4.82. The van der Waals surface area contributed by atoms with Gasteiger partial charge in [0.1, 0.15) is 23.1 Å². The number of aliphatic hydroxyl groups is 1. The summed E-state index contributed by atoms with van der Waals surface area (Å²) in [4.78, 5) is 22.1. The van der Waals surface area contributed by atoms with E-state index in [0.717, 1.165) is 0 Å². The number of anilines is 1. The summed E-state index contributed by atoms with van der Waals surface area (Å²) in [6.45, 7) is 8.61. The molecule has 0 spiro atoms. The molecule has 1 aromatic rings. The van der Waals surface area contributed by atoms with Crippen molar-refractivity contribution in [1.82, 2.24) is 5.32 Å². The van der Waals surface area contributed by atoms with E-state index in [1.165, 1.54) is 19.1 Å². The quantitative estimate of drug-likeness (QED) is 0.573. The van der Waals surface area contributed by atoms with Crippen molar-refractivity contribution in [3.8, 4) is 5.75 Å². The van der Waals surface area contributed by atoms with Crippen molar-refractivity contribution < 1.29 is 19.6 Å². The van der Waals surface area contributed by atoms with Crippen LogP contribution in [0.2, 0.25) is 0 Å². The van der Waals surface area contributed by atoms with Crippen molar-refractivity contribution in [2.45, 2.75) is 58.4 Å². The highest BCUT2D eigenvalue weighted by Crippen LogP contribution is 2.44. The normalized spacial score (nSPS) is 21.8. The number of hydrogen-bond donors (Lipinski definition) is 3. The van der Waals surface area contributed by atoms with Crippen molar-refractivity contribution in [3.05, 3.63) is 27.8 Å². The molecule has 0 fully saturated rings. The minimum absolute atomic E-state index is 0.0748.